The molecule has 1 nitrogen and oxygen atoms in total. The van der Waals surface area contributed by atoms with Crippen LogP contribution in [0.4, 0.5) is 11.4 Å². The van der Waals surface area contributed by atoms with Gasteiger partial charge >= 0.3 is 0 Å². The largest absolute Gasteiger partial charge is 0.314 e. The lowest BCUT2D eigenvalue weighted by molar-refractivity contribution is 0.648. The van der Waals surface area contributed by atoms with Crippen molar-refractivity contribution in [2.75, 3.05) is 4.90 Å². The molecule has 8 aromatic carbocycles. The summed E-state index contributed by atoms with van der Waals surface area (Å²) in [6, 6.07) is 66.2. The summed E-state index contributed by atoms with van der Waals surface area (Å²) >= 11 is 1.89. The molecule has 0 saturated carbocycles. The van der Waals surface area contributed by atoms with Crippen molar-refractivity contribution in [2.45, 2.75) is 43.9 Å². The Balaban J connectivity index is 1.10. The average molecular weight is 848 g/mol. The minimum absolute atomic E-state index is 0.119. The standard InChI is InChI=1S/C63H45NS/c1-62(2)53-29-14-10-24-46(53)48-36-34-44(39-55(48)62)64(57-31-16-12-26-50(57)51-28-18-19-41-33-38-59-61(60(41)51)52-27-13-17-32-58(52)65-59)45-35-37-49-47-25-11-15-30-54(47)63(56(49)40-45,43-22-8-5-9-23-43)42-20-6-3-4-7-21-42/h5-6,8-33,35,37-40H,7,34,36H2,1-2H3. The lowest BCUT2D eigenvalue weighted by Gasteiger charge is -2.37. The number of hydrogen-bond acceptors (Lipinski definition) is 2. The lowest BCUT2D eigenvalue weighted by Crippen LogP contribution is -2.29. The molecule has 1 atom stereocenters. The third kappa shape index (κ3) is 5.53. The van der Waals surface area contributed by atoms with E-state index in [4.69, 9.17) is 0 Å². The molecular formula is C63H45NS. The summed E-state index contributed by atoms with van der Waals surface area (Å²) < 4.78 is 2.64. The van der Waals surface area contributed by atoms with Gasteiger partial charge in [0.05, 0.1) is 11.1 Å². The Morgan fingerprint density at radius 1 is 0.569 bits per heavy atom. The maximum Gasteiger partial charge on any atom is 0.0711 e. The number of thiophene rings is 1. The second kappa shape index (κ2) is 14.5. The van der Waals surface area contributed by atoms with Gasteiger partial charge in [0.1, 0.15) is 0 Å². The summed E-state index contributed by atoms with van der Waals surface area (Å²) in [6.45, 7) is 4.83. The fraction of sp³-hybridized carbons (Fsp3) is 0.111. The first-order valence-corrected chi connectivity index (χ1v) is 23.8. The van der Waals surface area contributed by atoms with Crippen LogP contribution >= 0.6 is 11.3 Å². The Bertz CT molecular complexity index is 3670. The van der Waals surface area contributed by atoms with E-state index < -0.39 is 5.41 Å². The van der Waals surface area contributed by atoms with Crippen molar-refractivity contribution in [3.63, 3.8) is 0 Å². The fourth-order valence-electron chi connectivity index (χ4n) is 12.0. The van der Waals surface area contributed by atoms with E-state index in [2.05, 4.69) is 225 Å². The van der Waals surface area contributed by atoms with Crippen LogP contribution in [0.3, 0.4) is 0 Å². The highest BCUT2D eigenvalue weighted by atomic mass is 32.1. The van der Waals surface area contributed by atoms with Crippen LogP contribution in [-0.2, 0) is 10.8 Å². The van der Waals surface area contributed by atoms with Crippen LogP contribution in [0.15, 0.2) is 217 Å². The van der Waals surface area contributed by atoms with E-state index in [0.29, 0.717) is 6.42 Å². The molecule has 9 aromatic rings. The van der Waals surface area contributed by atoms with Gasteiger partial charge in [-0.25, -0.2) is 0 Å². The normalized spacial score (nSPS) is 17.8. The van der Waals surface area contributed by atoms with Gasteiger partial charge in [-0.15, -0.1) is 11.3 Å². The number of allylic oxidation sites excluding steroid dienone is 8. The maximum absolute atomic E-state index is 3.36. The molecule has 308 valence electrons. The summed E-state index contributed by atoms with van der Waals surface area (Å²) in [5.74, 6) is 6.66. The van der Waals surface area contributed by atoms with Crippen LogP contribution in [0.2, 0.25) is 0 Å². The molecule has 0 amide bonds. The molecule has 0 spiro atoms. The average Bonchev–Trinajstić information content (AvgIpc) is 3.84. The quantitative estimate of drug-likeness (QED) is 0.151. The molecule has 4 aliphatic rings. The zero-order valence-electron chi connectivity index (χ0n) is 36.5. The van der Waals surface area contributed by atoms with Gasteiger partial charge in [-0.1, -0.05) is 177 Å². The predicted octanol–water partition coefficient (Wildman–Crippen LogP) is 16.6. The van der Waals surface area contributed by atoms with Gasteiger partial charge in [0.15, 0.2) is 0 Å². The monoisotopic (exact) mass is 847 g/mol. The Morgan fingerprint density at radius 2 is 1.31 bits per heavy atom. The van der Waals surface area contributed by atoms with E-state index >= 15 is 0 Å². The van der Waals surface area contributed by atoms with Crippen molar-refractivity contribution in [3.05, 3.63) is 245 Å². The van der Waals surface area contributed by atoms with E-state index in [1.54, 1.807) is 0 Å². The van der Waals surface area contributed by atoms with Crippen LogP contribution in [0.5, 0.6) is 0 Å². The first-order valence-electron chi connectivity index (χ1n) is 22.9. The second-order valence-electron chi connectivity index (χ2n) is 18.4. The third-order valence-electron chi connectivity index (χ3n) is 14.8. The number of fused-ring (bicyclic) bond motifs is 10. The number of benzene rings is 8. The van der Waals surface area contributed by atoms with Crippen LogP contribution in [-0.4, -0.2) is 0 Å². The first kappa shape index (κ1) is 38.1. The molecule has 0 saturated heterocycles. The van der Waals surface area contributed by atoms with Crippen molar-refractivity contribution in [2.24, 2.45) is 0 Å². The van der Waals surface area contributed by atoms with E-state index in [1.807, 2.05) is 17.4 Å². The van der Waals surface area contributed by atoms with Crippen molar-refractivity contribution in [1.29, 1.82) is 0 Å². The van der Waals surface area contributed by atoms with Crippen molar-refractivity contribution in [1.82, 2.24) is 0 Å². The molecule has 1 unspecified atom stereocenters. The van der Waals surface area contributed by atoms with Crippen LogP contribution in [0, 0.1) is 11.8 Å². The van der Waals surface area contributed by atoms with Gasteiger partial charge in [-0.2, -0.15) is 0 Å². The second-order valence-corrected chi connectivity index (χ2v) is 19.5. The molecule has 0 fully saturated rings. The maximum atomic E-state index is 3.36. The van der Waals surface area contributed by atoms with E-state index in [-0.39, 0.29) is 5.41 Å². The van der Waals surface area contributed by atoms with Crippen molar-refractivity contribution < 1.29 is 0 Å². The summed E-state index contributed by atoms with van der Waals surface area (Å²) in [6.07, 6.45) is 11.8. The van der Waals surface area contributed by atoms with E-state index in [9.17, 15) is 0 Å². The van der Waals surface area contributed by atoms with Gasteiger partial charge in [0, 0.05) is 49.0 Å². The smallest absolute Gasteiger partial charge is 0.0711 e. The molecule has 2 heteroatoms. The number of hydrogen-bond donors (Lipinski definition) is 0. The topological polar surface area (TPSA) is 3.24 Å². The minimum atomic E-state index is -0.550. The van der Waals surface area contributed by atoms with E-state index in [1.165, 1.54) is 109 Å². The Hall–Kier alpha value is -7.44. The van der Waals surface area contributed by atoms with Gasteiger partial charge in [0.2, 0.25) is 0 Å². The number of para-hydroxylation sites is 1. The molecule has 4 aliphatic carbocycles. The van der Waals surface area contributed by atoms with Crippen LogP contribution < -0.4 is 4.90 Å². The van der Waals surface area contributed by atoms with Crippen molar-refractivity contribution >= 4 is 59.2 Å². The summed E-state index contributed by atoms with van der Waals surface area (Å²) in [5, 5.41) is 5.23. The van der Waals surface area contributed by atoms with Gasteiger partial charge in [0.25, 0.3) is 0 Å². The number of anilines is 2. The lowest BCUT2D eigenvalue weighted by atomic mass is 9.67. The molecule has 0 bridgehead atoms. The first-order chi connectivity index (χ1) is 32.0. The highest BCUT2D eigenvalue weighted by molar-refractivity contribution is 7.26. The van der Waals surface area contributed by atoms with Crippen LogP contribution in [0.25, 0.3) is 58.8 Å². The Labute approximate surface area is 385 Å². The molecule has 65 heavy (non-hydrogen) atoms. The molecule has 0 radical (unpaired) electrons. The molecule has 13 rings (SSSR count). The molecule has 1 heterocycles. The Morgan fingerprint density at radius 3 is 2.20 bits per heavy atom. The minimum Gasteiger partial charge on any atom is -0.314 e. The molecule has 0 N–H and O–H groups in total. The van der Waals surface area contributed by atoms with Gasteiger partial charge < -0.3 is 4.90 Å². The third-order valence-corrected chi connectivity index (χ3v) is 15.9. The highest BCUT2D eigenvalue weighted by Gasteiger charge is 2.47. The highest BCUT2D eigenvalue weighted by Crippen LogP contribution is 2.59. The zero-order valence-corrected chi connectivity index (χ0v) is 37.3. The zero-order chi connectivity index (χ0) is 43.3. The number of rotatable bonds is 6. The fourth-order valence-corrected chi connectivity index (χ4v) is 13.1. The molecular weight excluding hydrogens is 803 g/mol. The Kier molecular flexibility index (Phi) is 8.52. The molecule has 1 aromatic heterocycles. The summed E-state index contributed by atoms with van der Waals surface area (Å²) in [4.78, 5) is 2.63. The van der Waals surface area contributed by atoms with E-state index in [0.717, 1.165) is 18.5 Å². The molecule has 0 aliphatic heterocycles. The number of nitrogens with zero attached hydrogens (tertiary/aromatic N) is 1. The summed E-state index contributed by atoms with van der Waals surface area (Å²) in [7, 11) is 0. The van der Waals surface area contributed by atoms with Gasteiger partial charge in [-0.05, 0) is 133 Å². The predicted molar refractivity (Wildman–Crippen MR) is 276 cm³/mol. The van der Waals surface area contributed by atoms with Crippen LogP contribution in [0.1, 0.15) is 60.9 Å². The van der Waals surface area contributed by atoms with Gasteiger partial charge in [-0.3, -0.25) is 0 Å². The van der Waals surface area contributed by atoms with Crippen molar-refractivity contribution in [3.8, 4) is 34.1 Å². The SMILES string of the molecule is CC1(C)C2=C(CCC(N(c3ccc4c(c3)C(C3=CCC#CC=C3)(c3ccccc3)c3ccccc3-4)c3ccccc3-c3cccc4ccc5sc6ccccc6c5c34)=C2)c2ccccc21. The summed E-state index contributed by atoms with van der Waals surface area (Å²) in [5.41, 5.74) is 18.9.